The third-order valence-corrected chi connectivity index (χ3v) is 6.05. The van der Waals surface area contributed by atoms with Crippen molar-refractivity contribution in [2.45, 2.75) is 135 Å². The molecule has 0 aromatic carbocycles. The number of fused-ring (bicyclic) bond motifs is 1. The molecule has 0 unspecified atom stereocenters. The quantitative estimate of drug-likeness (QED) is 0.279. The Kier molecular flexibility index (Phi) is 11.8. The average Bonchev–Trinajstić information content (AvgIpc) is 3.08. The van der Waals surface area contributed by atoms with Gasteiger partial charge in [-0.15, -0.1) is 0 Å². The van der Waals surface area contributed by atoms with Crippen molar-refractivity contribution in [2.24, 2.45) is 0 Å². The molecule has 0 N–H and O–H groups in total. The van der Waals surface area contributed by atoms with Crippen molar-refractivity contribution in [3.63, 3.8) is 0 Å². The summed E-state index contributed by atoms with van der Waals surface area (Å²) in [5.74, 6) is 1.20. The van der Waals surface area contributed by atoms with E-state index < -0.39 is 0 Å². The lowest BCUT2D eigenvalue weighted by atomic mass is 9.94. The first kappa shape index (κ1) is 21.5. The third kappa shape index (κ3) is 8.73. The minimum absolute atomic E-state index is 1.11. The maximum Gasteiger partial charge on any atom is 0.140 e. The second-order valence-corrected chi connectivity index (χ2v) is 8.44. The van der Waals surface area contributed by atoms with Gasteiger partial charge in [-0.1, -0.05) is 102 Å². The number of hydrogen-bond acceptors (Lipinski definition) is 2. The van der Waals surface area contributed by atoms with Gasteiger partial charge in [-0.25, -0.2) is 0 Å². The topological polar surface area (TPSA) is 26.0 Å². The van der Waals surface area contributed by atoms with Gasteiger partial charge in [0.2, 0.25) is 0 Å². The number of hydrogen-bond donors (Lipinski definition) is 0. The predicted octanol–water partition coefficient (Wildman–Crippen LogP) is 7.97. The van der Waals surface area contributed by atoms with Gasteiger partial charge < -0.3 is 4.52 Å². The van der Waals surface area contributed by atoms with Crippen LogP contribution >= 0.6 is 0 Å². The van der Waals surface area contributed by atoms with E-state index in [1.165, 1.54) is 133 Å². The van der Waals surface area contributed by atoms with E-state index in [4.69, 9.17) is 4.52 Å². The van der Waals surface area contributed by atoms with Gasteiger partial charge in [0.1, 0.15) is 5.76 Å². The fourth-order valence-corrected chi connectivity index (χ4v) is 4.31. The Bertz CT molecular complexity index is 451. The Hall–Kier alpha value is -0.790. The van der Waals surface area contributed by atoms with Crippen molar-refractivity contribution in [3.8, 4) is 0 Å². The molecule has 0 radical (unpaired) electrons. The van der Waals surface area contributed by atoms with Gasteiger partial charge in [-0.2, -0.15) is 0 Å². The van der Waals surface area contributed by atoms with Crippen LogP contribution in [0.3, 0.4) is 0 Å². The summed E-state index contributed by atoms with van der Waals surface area (Å²) >= 11 is 0. The van der Waals surface area contributed by atoms with E-state index in [1.54, 1.807) is 0 Å². The van der Waals surface area contributed by atoms with E-state index in [9.17, 15) is 0 Å². The van der Waals surface area contributed by atoms with Crippen LogP contribution in [0.2, 0.25) is 0 Å². The van der Waals surface area contributed by atoms with Crippen LogP contribution in [0.15, 0.2) is 4.52 Å². The van der Waals surface area contributed by atoms with E-state index >= 15 is 0 Å². The Morgan fingerprint density at radius 1 is 0.654 bits per heavy atom. The lowest BCUT2D eigenvalue weighted by Crippen LogP contribution is -2.02. The average molecular weight is 362 g/mol. The van der Waals surface area contributed by atoms with Gasteiger partial charge >= 0.3 is 0 Å². The molecule has 1 aromatic heterocycles. The van der Waals surface area contributed by atoms with Crippen LogP contribution in [0, 0.1) is 0 Å². The molecule has 1 heterocycles. The lowest BCUT2D eigenvalue weighted by molar-refractivity contribution is 0.372. The molecule has 2 rings (SSSR count). The summed E-state index contributed by atoms with van der Waals surface area (Å²) in [5, 5.41) is 4.27. The second-order valence-electron chi connectivity index (χ2n) is 8.44. The molecule has 0 saturated carbocycles. The summed E-state index contributed by atoms with van der Waals surface area (Å²) in [7, 11) is 0. The normalized spacial score (nSPS) is 13.9. The SMILES string of the molecule is CCCCCCCCCCCCCCCCCc1onc2c1CCCC2. The smallest absolute Gasteiger partial charge is 0.140 e. The van der Waals surface area contributed by atoms with E-state index in [1.807, 2.05) is 0 Å². The Balaban J connectivity index is 1.33. The van der Waals surface area contributed by atoms with Gasteiger partial charge in [0.25, 0.3) is 0 Å². The largest absolute Gasteiger partial charge is 0.361 e. The maximum absolute atomic E-state index is 5.59. The van der Waals surface area contributed by atoms with Crippen LogP contribution in [0.5, 0.6) is 0 Å². The van der Waals surface area contributed by atoms with Crippen molar-refractivity contribution < 1.29 is 4.52 Å². The van der Waals surface area contributed by atoms with Gasteiger partial charge in [0.05, 0.1) is 5.69 Å². The zero-order chi connectivity index (χ0) is 18.3. The van der Waals surface area contributed by atoms with Crippen LogP contribution in [0.25, 0.3) is 0 Å². The van der Waals surface area contributed by atoms with E-state index in [0.29, 0.717) is 0 Å². The standard InChI is InChI=1S/C24H43NO/c1-2-3-4-5-6-7-8-9-10-11-12-13-14-15-16-21-24-22-19-17-18-20-23(22)25-26-24/h2-21H2,1H3. The maximum atomic E-state index is 5.59. The molecule has 0 bridgehead atoms. The summed E-state index contributed by atoms with van der Waals surface area (Å²) in [6, 6.07) is 0. The van der Waals surface area contributed by atoms with E-state index in [2.05, 4.69) is 12.1 Å². The molecule has 0 amide bonds. The van der Waals surface area contributed by atoms with Crippen LogP contribution in [0.1, 0.15) is 133 Å². The second kappa shape index (κ2) is 14.3. The Labute approximate surface area is 162 Å². The molecule has 0 atom stereocenters. The highest BCUT2D eigenvalue weighted by Gasteiger charge is 2.18. The van der Waals surface area contributed by atoms with Gasteiger partial charge in [0.15, 0.2) is 0 Å². The number of unbranched alkanes of at least 4 members (excludes halogenated alkanes) is 14. The number of aromatic nitrogens is 1. The molecular weight excluding hydrogens is 318 g/mol. The van der Waals surface area contributed by atoms with Crippen LogP contribution < -0.4 is 0 Å². The highest BCUT2D eigenvalue weighted by Crippen LogP contribution is 2.25. The van der Waals surface area contributed by atoms with Crippen LogP contribution in [0.4, 0.5) is 0 Å². The lowest BCUT2D eigenvalue weighted by Gasteiger charge is -2.09. The summed E-state index contributed by atoms with van der Waals surface area (Å²) < 4.78 is 5.59. The molecule has 0 spiro atoms. The first-order valence-corrected chi connectivity index (χ1v) is 11.9. The van der Waals surface area contributed by atoms with E-state index in [-0.39, 0.29) is 0 Å². The van der Waals surface area contributed by atoms with Crippen molar-refractivity contribution in [2.75, 3.05) is 0 Å². The fourth-order valence-electron chi connectivity index (χ4n) is 4.31. The molecule has 1 aliphatic carbocycles. The third-order valence-electron chi connectivity index (χ3n) is 6.05. The number of rotatable bonds is 16. The van der Waals surface area contributed by atoms with Crippen molar-refractivity contribution in [1.29, 1.82) is 0 Å². The molecular formula is C24H43NO. The minimum Gasteiger partial charge on any atom is -0.361 e. The van der Waals surface area contributed by atoms with Crippen LogP contribution in [-0.4, -0.2) is 5.16 Å². The van der Waals surface area contributed by atoms with Gasteiger partial charge in [-0.3, -0.25) is 0 Å². The molecule has 1 aliphatic rings. The predicted molar refractivity (Wildman–Crippen MR) is 112 cm³/mol. The molecule has 0 aliphatic heterocycles. The molecule has 0 saturated heterocycles. The molecule has 1 aromatic rings. The highest BCUT2D eigenvalue weighted by molar-refractivity contribution is 5.25. The first-order valence-electron chi connectivity index (χ1n) is 11.9. The van der Waals surface area contributed by atoms with Gasteiger partial charge in [0, 0.05) is 12.0 Å². The number of aryl methyl sites for hydroxylation is 2. The summed E-state index contributed by atoms with van der Waals surface area (Å²) in [4.78, 5) is 0. The summed E-state index contributed by atoms with van der Waals surface area (Å²) in [6.07, 6.45) is 27.4. The Morgan fingerprint density at radius 3 is 1.73 bits per heavy atom. The molecule has 0 fully saturated rings. The van der Waals surface area contributed by atoms with E-state index in [0.717, 1.165) is 12.8 Å². The minimum atomic E-state index is 1.11. The monoisotopic (exact) mass is 361 g/mol. The summed E-state index contributed by atoms with van der Waals surface area (Å²) in [5.41, 5.74) is 2.72. The van der Waals surface area contributed by atoms with Gasteiger partial charge in [-0.05, 0) is 32.1 Å². The van der Waals surface area contributed by atoms with Crippen LogP contribution in [-0.2, 0) is 19.3 Å². The zero-order valence-electron chi connectivity index (χ0n) is 17.5. The van der Waals surface area contributed by atoms with Crippen molar-refractivity contribution >= 4 is 0 Å². The Morgan fingerprint density at radius 2 is 1.15 bits per heavy atom. The molecule has 150 valence electrons. The first-order chi connectivity index (χ1) is 12.9. The number of nitrogens with zero attached hydrogens (tertiary/aromatic N) is 1. The molecule has 2 heteroatoms. The molecule has 26 heavy (non-hydrogen) atoms. The highest BCUT2D eigenvalue weighted by atomic mass is 16.5. The fraction of sp³-hybridized carbons (Fsp3) is 0.875. The van der Waals surface area contributed by atoms with Crippen molar-refractivity contribution in [3.05, 3.63) is 17.0 Å². The summed E-state index contributed by atoms with van der Waals surface area (Å²) in [6.45, 7) is 2.29. The zero-order valence-corrected chi connectivity index (χ0v) is 17.5. The van der Waals surface area contributed by atoms with Crippen molar-refractivity contribution in [1.82, 2.24) is 5.16 Å². The molecule has 2 nitrogen and oxygen atoms in total.